The molecule has 0 bridgehead atoms. The molecule has 0 saturated heterocycles. The lowest BCUT2D eigenvalue weighted by molar-refractivity contribution is -0.130. The minimum absolute atomic E-state index is 0.0575. The minimum atomic E-state index is -0.246. The molecule has 1 amide bonds. The van der Waals surface area contributed by atoms with Crippen LogP contribution in [0.2, 0.25) is 0 Å². The van der Waals surface area contributed by atoms with Crippen molar-refractivity contribution in [3.05, 3.63) is 35.6 Å². The van der Waals surface area contributed by atoms with Gasteiger partial charge in [-0.2, -0.15) is 0 Å². The Balaban J connectivity index is 2.33. The number of amides is 1. The van der Waals surface area contributed by atoms with Crippen molar-refractivity contribution in [1.82, 2.24) is 10.2 Å². The number of halogens is 1. The number of nitrogens with one attached hydrogen (secondary N) is 1. The van der Waals surface area contributed by atoms with Gasteiger partial charge in [-0.25, -0.2) is 4.39 Å². The van der Waals surface area contributed by atoms with Crippen molar-refractivity contribution < 1.29 is 9.18 Å². The lowest BCUT2D eigenvalue weighted by Crippen LogP contribution is -2.39. The first-order chi connectivity index (χ1) is 8.00. The monoisotopic (exact) mass is 238 g/mol. The largest absolute Gasteiger partial charge is 0.342 e. The molecule has 1 aromatic rings. The third kappa shape index (κ3) is 4.53. The number of rotatable bonds is 5. The lowest BCUT2D eigenvalue weighted by atomic mass is 10.2. The first-order valence-electron chi connectivity index (χ1n) is 5.71. The average molecular weight is 238 g/mol. The number of hydrogen-bond donors (Lipinski definition) is 1. The van der Waals surface area contributed by atoms with E-state index in [-0.39, 0.29) is 17.8 Å². The summed E-state index contributed by atoms with van der Waals surface area (Å²) in [5.74, 6) is -0.188. The third-order valence-corrected chi connectivity index (χ3v) is 2.69. The molecule has 0 aliphatic rings. The van der Waals surface area contributed by atoms with Crippen LogP contribution in [0, 0.1) is 5.82 Å². The Bertz CT molecular complexity index is 362. The molecule has 0 aliphatic carbocycles. The Morgan fingerprint density at radius 2 is 1.94 bits per heavy atom. The van der Waals surface area contributed by atoms with Gasteiger partial charge >= 0.3 is 0 Å². The van der Waals surface area contributed by atoms with Crippen LogP contribution in [0.15, 0.2) is 24.3 Å². The van der Waals surface area contributed by atoms with Crippen LogP contribution in [0.25, 0.3) is 0 Å². The zero-order valence-electron chi connectivity index (χ0n) is 10.5. The third-order valence-electron chi connectivity index (χ3n) is 2.69. The quantitative estimate of drug-likeness (QED) is 0.848. The van der Waals surface area contributed by atoms with Crippen LogP contribution in [-0.2, 0) is 11.3 Å². The summed E-state index contributed by atoms with van der Waals surface area (Å²) in [5.41, 5.74) is 0.964. The molecule has 4 heteroatoms. The summed E-state index contributed by atoms with van der Waals surface area (Å²) in [4.78, 5) is 13.3. The first-order valence-corrected chi connectivity index (χ1v) is 5.71. The van der Waals surface area contributed by atoms with Gasteiger partial charge in [-0.1, -0.05) is 12.1 Å². The van der Waals surface area contributed by atoms with Crippen molar-refractivity contribution >= 4 is 5.91 Å². The van der Waals surface area contributed by atoms with E-state index < -0.39 is 0 Å². The van der Waals surface area contributed by atoms with E-state index in [9.17, 15) is 9.18 Å². The van der Waals surface area contributed by atoms with Crippen LogP contribution in [0.5, 0.6) is 0 Å². The van der Waals surface area contributed by atoms with Gasteiger partial charge < -0.3 is 10.2 Å². The zero-order chi connectivity index (χ0) is 12.8. The van der Waals surface area contributed by atoms with E-state index in [4.69, 9.17) is 0 Å². The Labute approximate surface area is 102 Å². The highest BCUT2D eigenvalue weighted by molar-refractivity contribution is 5.78. The molecule has 1 rings (SSSR count). The maximum Gasteiger partial charge on any atom is 0.236 e. The van der Waals surface area contributed by atoms with E-state index in [2.05, 4.69) is 5.32 Å². The van der Waals surface area contributed by atoms with Crippen molar-refractivity contribution in [3.8, 4) is 0 Å². The highest BCUT2D eigenvalue weighted by atomic mass is 19.1. The van der Waals surface area contributed by atoms with Gasteiger partial charge in [0.1, 0.15) is 5.82 Å². The fraction of sp³-hybridized carbons (Fsp3) is 0.462. The Morgan fingerprint density at radius 3 is 2.47 bits per heavy atom. The molecule has 3 nitrogen and oxygen atoms in total. The van der Waals surface area contributed by atoms with Crippen molar-refractivity contribution in [1.29, 1.82) is 0 Å². The maximum absolute atomic E-state index is 12.7. The number of carbonyl (C=O) groups is 1. The molecule has 0 radical (unpaired) electrons. The fourth-order valence-corrected chi connectivity index (χ4v) is 1.33. The van der Waals surface area contributed by atoms with E-state index in [0.717, 1.165) is 5.56 Å². The van der Waals surface area contributed by atoms with Gasteiger partial charge in [-0.05, 0) is 31.5 Å². The molecule has 94 valence electrons. The zero-order valence-corrected chi connectivity index (χ0v) is 10.5. The van der Waals surface area contributed by atoms with Gasteiger partial charge in [0.25, 0.3) is 0 Å². The van der Waals surface area contributed by atoms with E-state index in [1.807, 2.05) is 13.8 Å². The minimum Gasteiger partial charge on any atom is -0.342 e. The summed E-state index contributed by atoms with van der Waals surface area (Å²) in [6.07, 6.45) is 0. The summed E-state index contributed by atoms with van der Waals surface area (Å²) in [6.45, 7) is 4.81. The SMILES string of the molecule is CC(C)N(C)C(=O)CNCc1ccc(F)cc1. The molecule has 0 saturated carbocycles. The van der Waals surface area contributed by atoms with Gasteiger partial charge in [0.05, 0.1) is 6.54 Å². The average Bonchev–Trinajstić information content (AvgIpc) is 2.30. The summed E-state index contributed by atoms with van der Waals surface area (Å²) in [6, 6.07) is 6.45. The standard InChI is InChI=1S/C13H19FN2O/c1-10(2)16(3)13(17)9-15-8-11-4-6-12(14)7-5-11/h4-7,10,15H,8-9H2,1-3H3. The summed E-state index contributed by atoms with van der Waals surface area (Å²) >= 11 is 0. The summed E-state index contributed by atoms with van der Waals surface area (Å²) < 4.78 is 12.7. The van der Waals surface area contributed by atoms with Crippen LogP contribution < -0.4 is 5.32 Å². The van der Waals surface area contributed by atoms with E-state index >= 15 is 0 Å². The summed E-state index contributed by atoms with van der Waals surface area (Å²) in [5, 5.41) is 3.04. The van der Waals surface area contributed by atoms with Crippen molar-refractivity contribution in [2.45, 2.75) is 26.4 Å². The van der Waals surface area contributed by atoms with Crippen LogP contribution in [0.3, 0.4) is 0 Å². The molecule has 0 aromatic heterocycles. The van der Waals surface area contributed by atoms with Crippen LogP contribution in [0.4, 0.5) is 4.39 Å². The second kappa shape index (κ2) is 6.35. The van der Waals surface area contributed by atoms with Gasteiger partial charge in [0, 0.05) is 19.6 Å². The molecule has 0 atom stereocenters. The van der Waals surface area contributed by atoms with Crippen molar-refractivity contribution in [2.75, 3.05) is 13.6 Å². The fourth-order valence-electron chi connectivity index (χ4n) is 1.33. The second-order valence-corrected chi connectivity index (χ2v) is 4.33. The first kappa shape index (κ1) is 13.6. The molecular weight excluding hydrogens is 219 g/mol. The molecule has 1 aromatic carbocycles. The van der Waals surface area contributed by atoms with Gasteiger partial charge in [0.15, 0.2) is 0 Å². The molecule has 0 fully saturated rings. The van der Waals surface area contributed by atoms with E-state index in [1.54, 1.807) is 24.1 Å². The molecule has 0 heterocycles. The summed E-state index contributed by atoms with van der Waals surface area (Å²) in [7, 11) is 1.78. The van der Waals surface area contributed by atoms with Crippen LogP contribution in [0.1, 0.15) is 19.4 Å². The van der Waals surface area contributed by atoms with Gasteiger partial charge in [-0.15, -0.1) is 0 Å². The number of carbonyl (C=O) groups excluding carboxylic acids is 1. The van der Waals surface area contributed by atoms with Crippen LogP contribution in [-0.4, -0.2) is 30.4 Å². The smallest absolute Gasteiger partial charge is 0.236 e. The topological polar surface area (TPSA) is 32.3 Å². The van der Waals surface area contributed by atoms with Crippen molar-refractivity contribution in [2.24, 2.45) is 0 Å². The number of likely N-dealkylation sites (N-methyl/N-ethyl adjacent to an activating group) is 1. The molecule has 0 aliphatic heterocycles. The normalized spacial score (nSPS) is 10.6. The van der Waals surface area contributed by atoms with Gasteiger partial charge in [-0.3, -0.25) is 4.79 Å². The molecule has 0 spiro atoms. The Morgan fingerprint density at radius 1 is 1.35 bits per heavy atom. The Kier molecular flexibility index (Phi) is 5.10. The lowest BCUT2D eigenvalue weighted by Gasteiger charge is -2.21. The number of hydrogen-bond acceptors (Lipinski definition) is 2. The molecule has 1 N–H and O–H groups in total. The van der Waals surface area contributed by atoms with E-state index in [1.165, 1.54) is 12.1 Å². The number of nitrogens with zero attached hydrogens (tertiary/aromatic N) is 1. The highest BCUT2D eigenvalue weighted by Gasteiger charge is 2.10. The van der Waals surface area contributed by atoms with Crippen molar-refractivity contribution in [3.63, 3.8) is 0 Å². The van der Waals surface area contributed by atoms with Crippen LogP contribution >= 0.6 is 0 Å². The van der Waals surface area contributed by atoms with Gasteiger partial charge in [0.2, 0.25) is 5.91 Å². The molecule has 17 heavy (non-hydrogen) atoms. The molecular formula is C13H19FN2O. The highest BCUT2D eigenvalue weighted by Crippen LogP contribution is 2.02. The maximum atomic E-state index is 12.7. The second-order valence-electron chi connectivity index (χ2n) is 4.33. The van der Waals surface area contributed by atoms with E-state index in [0.29, 0.717) is 13.1 Å². The molecule has 0 unspecified atom stereocenters. The predicted octanol–water partition coefficient (Wildman–Crippen LogP) is 1.78. The predicted molar refractivity (Wildman–Crippen MR) is 66.0 cm³/mol. The number of benzene rings is 1. The Hall–Kier alpha value is -1.42.